The van der Waals surface area contributed by atoms with Gasteiger partial charge in [-0.05, 0) is 18.2 Å². The summed E-state index contributed by atoms with van der Waals surface area (Å²) in [5, 5.41) is 18.9. The van der Waals surface area contributed by atoms with Gasteiger partial charge in [-0.1, -0.05) is 17.7 Å². The molecule has 1 heterocycles. The number of carbonyl (C=O) groups is 2. The number of aliphatic hydroxyl groups excluding tert-OH is 1. The molecular weight excluding hydrogens is 258 g/mol. The number of carboxylic acids is 1. The van der Waals surface area contributed by atoms with E-state index in [1.807, 2.05) is 0 Å². The van der Waals surface area contributed by atoms with E-state index in [2.05, 4.69) is 0 Å². The Labute approximate surface area is 109 Å². The Morgan fingerprint density at radius 1 is 1.39 bits per heavy atom. The number of aliphatic hydroxyl groups is 1. The molecule has 1 saturated heterocycles. The summed E-state index contributed by atoms with van der Waals surface area (Å²) in [5.74, 6) is -1.54. The van der Waals surface area contributed by atoms with Gasteiger partial charge in [0.2, 0.25) is 0 Å². The molecule has 0 aromatic heterocycles. The lowest BCUT2D eigenvalue weighted by atomic mass is 10.1. The van der Waals surface area contributed by atoms with Crippen molar-refractivity contribution in [3.8, 4) is 0 Å². The lowest BCUT2D eigenvalue weighted by molar-refractivity contribution is -0.141. The number of nitrogens with zero attached hydrogens (tertiary/aromatic N) is 1. The zero-order valence-electron chi connectivity index (χ0n) is 9.41. The van der Waals surface area contributed by atoms with E-state index in [1.165, 1.54) is 11.0 Å². The summed E-state index contributed by atoms with van der Waals surface area (Å²) in [7, 11) is 0. The number of rotatable bonds is 2. The van der Waals surface area contributed by atoms with Crippen LogP contribution in [0.1, 0.15) is 16.8 Å². The van der Waals surface area contributed by atoms with Crippen molar-refractivity contribution in [1.82, 2.24) is 4.90 Å². The fourth-order valence-corrected chi connectivity index (χ4v) is 2.25. The van der Waals surface area contributed by atoms with E-state index < -0.39 is 24.0 Å². The van der Waals surface area contributed by atoms with Crippen LogP contribution < -0.4 is 0 Å². The number of hydrogen-bond acceptors (Lipinski definition) is 3. The molecule has 1 aromatic rings. The SMILES string of the molecule is O=C(O)[C@H]1C[C@@H](O)CN1C(=O)c1cccc(Cl)c1. The van der Waals surface area contributed by atoms with Gasteiger partial charge in [-0.15, -0.1) is 0 Å². The number of amides is 1. The third-order valence-corrected chi connectivity index (χ3v) is 3.13. The van der Waals surface area contributed by atoms with Gasteiger partial charge in [0, 0.05) is 23.6 Å². The van der Waals surface area contributed by atoms with Crippen LogP contribution in [0.15, 0.2) is 24.3 Å². The molecule has 2 N–H and O–H groups in total. The molecule has 0 spiro atoms. The first-order valence-electron chi connectivity index (χ1n) is 5.46. The van der Waals surface area contributed by atoms with Crippen LogP contribution in [-0.4, -0.2) is 45.7 Å². The van der Waals surface area contributed by atoms with Gasteiger partial charge in [-0.25, -0.2) is 4.79 Å². The molecule has 1 aromatic carbocycles. The quantitative estimate of drug-likeness (QED) is 0.840. The Morgan fingerprint density at radius 3 is 2.72 bits per heavy atom. The number of carbonyl (C=O) groups excluding carboxylic acids is 1. The molecule has 6 heteroatoms. The smallest absolute Gasteiger partial charge is 0.326 e. The van der Waals surface area contributed by atoms with E-state index in [-0.39, 0.29) is 13.0 Å². The Hall–Kier alpha value is -1.59. The summed E-state index contributed by atoms with van der Waals surface area (Å²) in [5.41, 5.74) is 0.322. The van der Waals surface area contributed by atoms with Crippen molar-refractivity contribution >= 4 is 23.5 Å². The molecule has 18 heavy (non-hydrogen) atoms. The maximum Gasteiger partial charge on any atom is 0.326 e. The highest BCUT2D eigenvalue weighted by atomic mass is 35.5. The average molecular weight is 270 g/mol. The molecule has 0 unspecified atom stereocenters. The second-order valence-electron chi connectivity index (χ2n) is 4.21. The Balaban J connectivity index is 2.25. The molecule has 5 nitrogen and oxygen atoms in total. The van der Waals surface area contributed by atoms with Crippen LogP contribution in [0.3, 0.4) is 0 Å². The molecule has 0 radical (unpaired) electrons. The first-order chi connectivity index (χ1) is 8.49. The molecule has 1 fully saturated rings. The first-order valence-corrected chi connectivity index (χ1v) is 5.84. The fourth-order valence-electron chi connectivity index (χ4n) is 2.06. The standard InChI is InChI=1S/C12H12ClNO4/c13-8-3-1-2-7(4-8)11(16)14-6-9(15)5-10(14)12(17)18/h1-4,9-10,15H,5-6H2,(H,17,18)/t9-,10-/m1/s1. The molecular formula is C12H12ClNO4. The summed E-state index contributed by atoms with van der Waals surface area (Å²) in [6, 6.07) is 5.32. The van der Waals surface area contributed by atoms with Crippen molar-refractivity contribution in [2.45, 2.75) is 18.6 Å². The number of likely N-dealkylation sites (tertiary alicyclic amines) is 1. The largest absolute Gasteiger partial charge is 0.480 e. The second kappa shape index (κ2) is 4.96. The second-order valence-corrected chi connectivity index (χ2v) is 4.65. The van der Waals surface area contributed by atoms with Crippen LogP contribution in [0.2, 0.25) is 5.02 Å². The van der Waals surface area contributed by atoms with Gasteiger partial charge in [0.1, 0.15) is 6.04 Å². The van der Waals surface area contributed by atoms with Gasteiger partial charge in [0.15, 0.2) is 0 Å². The number of hydrogen-bond donors (Lipinski definition) is 2. The summed E-state index contributed by atoms with van der Waals surface area (Å²) in [6.07, 6.45) is -0.740. The van der Waals surface area contributed by atoms with Crippen LogP contribution in [0.5, 0.6) is 0 Å². The summed E-state index contributed by atoms with van der Waals surface area (Å²) in [6.45, 7) is 0.0301. The normalized spacial score (nSPS) is 23.1. The maximum atomic E-state index is 12.2. The zero-order valence-corrected chi connectivity index (χ0v) is 10.2. The van der Waals surface area contributed by atoms with Crippen molar-refractivity contribution in [1.29, 1.82) is 0 Å². The monoisotopic (exact) mass is 269 g/mol. The van der Waals surface area contributed by atoms with E-state index in [1.54, 1.807) is 18.2 Å². The van der Waals surface area contributed by atoms with Crippen LogP contribution in [0, 0.1) is 0 Å². The molecule has 0 aliphatic carbocycles. The minimum absolute atomic E-state index is 0.0301. The predicted octanol–water partition coefficient (Wildman–Crippen LogP) is 1.000. The number of β-amino-alcohol motifs (C(OH)–C–C–N with tert-alkyl or cyclic N) is 1. The highest BCUT2D eigenvalue weighted by Crippen LogP contribution is 2.22. The molecule has 1 aliphatic rings. The molecule has 2 rings (SSSR count). The maximum absolute atomic E-state index is 12.2. The zero-order chi connectivity index (χ0) is 13.3. The fraction of sp³-hybridized carbons (Fsp3) is 0.333. The molecule has 96 valence electrons. The third-order valence-electron chi connectivity index (χ3n) is 2.90. The number of carboxylic acid groups (broad SMARTS) is 1. The first kappa shape index (κ1) is 12.9. The van der Waals surface area contributed by atoms with E-state index >= 15 is 0 Å². The number of benzene rings is 1. The van der Waals surface area contributed by atoms with Crippen molar-refractivity contribution in [2.75, 3.05) is 6.54 Å². The van der Waals surface area contributed by atoms with Crippen LogP contribution in [-0.2, 0) is 4.79 Å². The van der Waals surface area contributed by atoms with Gasteiger partial charge < -0.3 is 15.1 Å². The number of halogens is 1. The van der Waals surface area contributed by atoms with Crippen molar-refractivity contribution in [2.24, 2.45) is 0 Å². The summed E-state index contributed by atoms with van der Waals surface area (Å²) < 4.78 is 0. The Morgan fingerprint density at radius 2 is 2.11 bits per heavy atom. The lowest BCUT2D eigenvalue weighted by Crippen LogP contribution is -2.40. The summed E-state index contributed by atoms with van der Waals surface area (Å²) >= 11 is 5.79. The van der Waals surface area contributed by atoms with Crippen molar-refractivity contribution in [3.63, 3.8) is 0 Å². The third kappa shape index (κ3) is 2.47. The van der Waals surface area contributed by atoms with E-state index in [9.17, 15) is 14.7 Å². The lowest BCUT2D eigenvalue weighted by Gasteiger charge is -2.21. The highest BCUT2D eigenvalue weighted by molar-refractivity contribution is 6.31. The Kier molecular flexibility index (Phi) is 3.54. The summed E-state index contributed by atoms with van der Waals surface area (Å²) in [4.78, 5) is 24.3. The van der Waals surface area contributed by atoms with Gasteiger partial charge in [-0.3, -0.25) is 4.79 Å². The molecule has 1 amide bonds. The van der Waals surface area contributed by atoms with Crippen LogP contribution >= 0.6 is 11.6 Å². The van der Waals surface area contributed by atoms with E-state index in [0.717, 1.165) is 0 Å². The number of aliphatic carboxylic acids is 1. The van der Waals surface area contributed by atoms with Crippen LogP contribution in [0.25, 0.3) is 0 Å². The molecule has 0 bridgehead atoms. The van der Waals surface area contributed by atoms with Gasteiger partial charge in [0.25, 0.3) is 5.91 Å². The van der Waals surface area contributed by atoms with Crippen molar-refractivity contribution in [3.05, 3.63) is 34.9 Å². The van der Waals surface area contributed by atoms with Crippen LogP contribution in [0.4, 0.5) is 0 Å². The molecule has 1 aliphatic heterocycles. The van der Waals surface area contributed by atoms with Crippen molar-refractivity contribution < 1.29 is 19.8 Å². The van der Waals surface area contributed by atoms with Gasteiger partial charge >= 0.3 is 5.97 Å². The Bertz CT molecular complexity index is 491. The molecule has 2 atom stereocenters. The topological polar surface area (TPSA) is 77.8 Å². The minimum Gasteiger partial charge on any atom is -0.480 e. The van der Waals surface area contributed by atoms with Gasteiger partial charge in [-0.2, -0.15) is 0 Å². The van der Waals surface area contributed by atoms with Gasteiger partial charge in [0.05, 0.1) is 6.10 Å². The minimum atomic E-state index is -1.11. The van der Waals surface area contributed by atoms with E-state index in [0.29, 0.717) is 10.6 Å². The predicted molar refractivity (Wildman–Crippen MR) is 64.5 cm³/mol. The highest BCUT2D eigenvalue weighted by Gasteiger charge is 2.39. The average Bonchev–Trinajstić information content (AvgIpc) is 2.70. The van der Waals surface area contributed by atoms with E-state index in [4.69, 9.17) is 16.7 Å². The molecule has 0 saturated carbocycles.